The van der Waals surface area contributed by atoms with Crippen LogP contribution in [0.4, 0.5) is 4.39 Å². The third-order valence-electron chi connectivity index (χ3n) is 1.63. The summed E-state index contributed by atoms with van der Waals surface area (Å²) in [5.41, 5.74) is 0.262. The van der Waals surface area contributed by atoms with E-state index in [0.717, 1.165) is 0 Å². The van der Waals surface area contributed by atoms with Crippen molar-refractivity contribution in [2.45, 2.75) is 6.54 Å². The van der Waals surface area contributed by atoms with Crippen LogP contribution in [0.1, 0.15) is 5.56 Å². The molecule has 0 aliphatic heterocycles. The molecule has 15 heavy (non-hydrogen) atoms. The molecule has 84 valence electrons. The largest absolute Gasteiger partial charge is 0.225 e. The molecule has 3 nitrogen and oxygen atoms in total. The maximum Gasteiger partial charge on any atom is 0.225 e. The van der Waals surface area contributed by atoms with Crippen LogP contribution in [0.2, 0.25) is 0 Å². The van der Waals surface area contributed by atoms with E-state index < -0.39 is 21.1 Å². The highest BCUT2D eigenvalue weighted by atomic mass is 79.9. The zero-order valence-electron chi connectivity index (χ0n) is 7.50. The second kappa shape index (κ2) is 5.25. The molecule has 0 fully saturated rings. The number of hydrogen-bond acceptors (Lipinski definition) is 2. The molecule has 0 saturated carbocycles. The topological polar surface area (TPSA) is 46.2 Å². The van der Waals surface area contributed by atoms with Gasteiger partial charge in [-0.3, -0.25) is 0 Å². The fourth-order valence-electron chi connectivity index (χ4n) is 0.905. The zero-order valence-corrected chi connectivity index (χ0v) is 10.7. The van der Waals surface area contributed by atoms with Gasteiger partial charge in [-0.05, 0) is 18.2 Å². The number of benzene rings is 1. The van der Waals surface area contributed by atoms with Crippen molar-refractivity contribution in [1.82, 2.24) is 4.72 Å². The van der Waals surface area contributed by atoms with Crippen LogP contribution < -0.4 is 4.72 Å². The van der Waals surface area contributed by atoms with Crippen molar-refractivity contribution >= 4 is 37.6 Å². The summed E-state index contributed by atoms with van der Waals surface area (Å²) in [6.45, 7) is -0.111. The molecule has 0 unspecified atom stereocenters. The van der Waals surface area contributed by atoms with Crippen molar-refractivity contribution in [3.8, 4) is 0 Å². The van der Waals surface area contributed by atoms with Gasteiger partial charge in [-0.1, -0.05) is 15.9 Å². The lowest BCUT2D eigenvalue weighted by atomic mass is 10.2. The monoisotopic (exact) mass is 315 g/mol. The van der Waals surface area contributed by atoms with Crippen LogP contribution in [-0.4, -0.2) is 13.6 Å². The molecular formula is C8H8BrClFNO2S. The fourth-order valence-corrected chi connectivity index (χ4v) is 2.00. The van der Waals surface area contributed by atoms with E-state index >= 15 is 0 Å². The maximum absolute atomic E-state index is 13.2. The lowest BCUT2D eigenvalue weighted by Gasteiger charge is -2.05. The van der Waals surface area contributed by atoms with Crippen molar-refractivity contribution in [3.63, 3.8) is 0 Å². The molecule has 0 aromatic heterocycles. The highest BCUT2D eigenvalue weighted by Crippen LogP contribution is 2.15. The summed E-state index contributed by atoms with van der Waals surface area (Å²) in [4.78, 5) is 0. The number of rotatable bonds is 4. The van der Waals surface area contributed by atoms with Gasteiger partial charge < -0.3 is 0 Å². The molecule has 7 heteroatoms. The van der Waals surface area contributed by atoms with Gasteiger partial charge in [0.2, 0.25) is 10.0 Å². The molecule has 0 bridgehead atoms. The Bertz CT molecular complexity index is 452. The van der Waals surface area contributed by atoms with E-state index in [2.05, 4.69) is 20.7 Å². The third kappa shape index (κ3) is 4.06. The minimum atomic E-state index is -3.51. The minimum Gasteiger partial charge on any atom is -0.211 e. The van der Waals surface area contributed by atoms with Crippen molar-refractivity contribution in [2.24, 2.45) is 0 Å². The average molecular weight is 317 g/mol. The van der Waals surface area contributed by atoms with Gasteiger partial charge in [-0.2, -0.15) is 0 Å². The van der Waals surface area contributed by atoms with Crippen molar-refractivity contribution in [1.29, 1.82) is 0 Å². The predicted octanol–water partition coefficient (Wildman–Crippen LogP) is 2.20. The van der Waals surface area contributed by atoms with Crippen molar-refractivity contribution in [2.75, 3.05) is 5.21 Å². The van der Waals surface area contributed by atoms with E-state index in [1.54, 1.807) is 0 Å². The van der Waals surface area contributed by atoms with Gasteiger partial charge in [0.05, 0.1) is 0 Å². The minimum absolute atomic E-state index is 0.111. The molecule has 1 N–H and O–H groups in total. The van der Waals surface area contributed by atoms with Crippen LogP contribution in [-0.2, 0) is 16.6 Å². The van der Waals surface area contributed by atoms with Gasteiger partial charge >= 0.3 is 0 Å². The molecule has 0 heterocycles. The predicted molar refractivity (Wildman–Crippen MR) is 60.6 cm³/mol. The van der Waals surface area contributed by atoms with Gasteiger partial charge in [0.1, 0.15) is 11.0 Å². The average Bonchev–Trinajstić information content (AvgIpc) is 2.20. The van der Waals surface area contributed by atoms with E-state index in [4.69, 9.17) is 11.6 Å². The molecule has 0 amide bonds. The summed E-state index contributed by atoms with van der Waals surface area (Å²) < 4.78 is 38.0. The fraction of sp³-hybridized carbons (Fsp3) is 0.250. The van der Waals surface area contributed by atoms with Gasteiger partial charge in [-0.25, -0.2) is 17.5 Å². The lowest BCUT2D eigenvalue weighted by molar-refractivity contribution is 0.578. The SMILES string of the molecule is O=S(=O)(CCl)NCc1cc(Br)ccc1F. The Morgan fingerprint density at radius 2 is 2.13 bits per heavy atom. The summed E-state index contributed by atoms with van der Waals surface area (Å²) >= 11 is 8.34. The second-order valence-electron chi connectivity index (χ2n) is 2.78. The van der Waals surface area contributed by atoms with Gasteiger partial charge in [0, 0.05) is 16.6 Å². The Labute approximate surface area is 101 Å². The molecule has 1 aromatic carbocycles. The molecule has 0 saturated heterocycles. The molecule has 1 aromatic rings. The summed E-state index contributed by atoms with van der Waals surface area (Å²) in [6.07, 6.45) is 0. The zero-order chi connectivity index (χ0) is 11.5. The van der Waals surface area contributed by atoms with E-state index in [-0.39, 0.29) is 12.1 Å². The Kier molecular flexibility index (Phi) is 4.51. The molecule has 0 aliphatic rings. The lowest BCUT2D eigenvalue weighted by Crippen LogP contribution is -2.24. The number of alkyl halides is 1. The number of halogens is 3. The Morgan fingerprint density at radius 3 is 2.73 bits per heavy atom. The summed E-state index contributed by atoms with van der Waals surface area (Å²) in [5.74, 6) is -0.463. The smallest absolute Gasteiger partial charge is 0.211 e. The first-order valence-electron chi connectivity index (χ1n) is 3.92. The van der Waals surface area contributed by atoms with Gasteiger partial charge in [-0.15, -0.1) is 11.6 Å². The molecule has 0 aliphatic carbocycles. The third-order valence-corrected chi connectivity index (χ3v) is 3.86. The molecule has 0 radical (unpaired) electrons. The van der Waals surface area contributed by atoms with E-state index in [0.29, 0.717) is 4.47 Å². The first kappa shape index (κ1) is 12.9. The Balaban J connectivity index is 2.78. The van der Waals surface area contributed by atoms with Crippen molar-refractivity contribution < 1.29 is 12.8 Å². The summed E-state index contributed by atoms with van der Waals surface area (Å²) in [6, 6.07) is 4.30. The first-order valence-corrected chi connectivity index (χ1v) is 6.90. The second-order valence-corrected chi connectivity index (χ2v) is 6.09. The maximum atomic E-state index is 13.2. The number of hydrogen-bond donors (Lipinski definition) is 1. The van der Waals surface area contributed by atoms with E-state index in [9.17, 15) is 12.8 Å². The molecular weight excluding hydrogens is 309 g/mol. The quantitative estimate of drug-likeness (QED) is 0.866. The van der Waals surface area contributed by atoms with E-state index in [1.165, 1.54) is 18.2 Å². The van der Waals surface area contributed by atoms with Crippen LogP contribution in [0, 0.1) is 5.82 Å². The van der Waals surface area contributed by atoms with E-state index in [1.807, 2.05) is 0 Å². The van der Waals surface area contributed by atoms with Crippen molar-refractivity contribution in [3.05, 3.63) is 34.1 Å². The highest BCUT2D eigenvalue weighted by molar-refractivity contribution is 9.10. The number of sulfonamides is 1. The van der Waals surface area contributed by atoms with Crippen LogP contribution in [0.15, 0.2) is 22.7 Å². The Morgan fingerprint density at radius 1 is 1.47 bits per heavy atom. The molecule has 1 rings (SSSR count). The molecule has 0 spiro atoms. The highest BCUT2D eigenvalue weighted by Gasteiger charge is 2.09. The summed E-state index contributed by atoms with van der Waals surface area (Å²) in [7, 11) is -3.51. The van der Waals surface area contributed by atoms with Crippen LogP contribution >= 0.6 is 27.5 Å². The van der Waals surface area contributed by atoms with Gasteiger partial charge in [0.25, 0.3) is 0 Å². The summed E-state index contributed by atoms with van der Waals surface area (Å²) in [5, 5.41) is -0.539. The Hall–Kier alpha value is -0.170. The normalized spacial score (nSPS) is 11.7. The standard InChI is InChI=1S/C8H8BrClFNO2S/c9-7-1-2-8(11)6(3-7)4-12-15(13,14)5-10/h1-3,12H,4-5H2. The molecule has 0 atom stereocenters. The number of nitrogens with one attached hydrogen (secondary N) is 1. The van der Waals surface area contributed by atoms with Crippen LogP contribution in [0.3, 0.4) is 0 Å². The first-order chi connectivity index (χ1) is 6.94. The van der Waals surface area contributed by atoms with Crippen LogP contribution in [0.25, 0.3) is 0 Å². The van der Waals surface area contributed by atoms with Gasteiger partial charge in [0.15, 0.2) is 0 Å². The van der Waals surface area contributed by atoms with Crippen LogP contribution in [0.5, 0.6) is 0 Å².